The van der Waals surface area contributed by atoms with Gasteiger partial charge in [0, 0.05) is 27.2 Å². The van der Waals surface area contributed by atoms with Crippen LogP contribution in [0.4, 0.5) is 4.79 Å². The van der Waals surface area contributed by atoms with Gasteiger partial charge in [-0.1, -0.05) is 6.07 Å². The molecule has 0 aromatic heterocycles. The third-order valence-electron chi connectivity index (χ3n) is 2.37. The second-order valence-corrected chi connectivity index (χ2v) is 5.93. The van der Waals surface area contributed by atoms with Crippen LogP contribution in [0.25, 0.3) is 0 Å². The predicted molar refractivity (Wildman–Crippen MR) is 73.4 cm³/mol. The van der Waals surface area contributed by atoms with Crippen LogP contribution in [-0.2, 0) is 10.0 Å². The summed E-state index contributed by atoms with van der Waals surface area (Å²) >= 11 is 0. The molecule has 7 nitrogen and oxygen atoms in total. The van der Waals surface area contributed by atoms with Crippen molar-refractivity contribution in [2.75, 3.05) is 27.2 Å². The fourth-order valence-corrected chi connectivity index (χ4v) is 2.41. The van der Waals surface area contributed by atoms with E-state index in [1.807, 2.05) is 6.07 Å². The van der Waals surface area contributed by atoms with Crippen LogP contribution in [0.5, 0.6) is 0 Å². The number of urea groups is 1. The number of amides is 2. The number of carbonyl (C=O) groups excluding carboxylic acids is 1. The van der Waals surface area contributed by atoms with Crippen molar-refractivity contribution < 1.29 is 13.2 Å². The molecule has 0 saturated heterocycles. The monoisotopic (exact) mass is 296 g/mol. The van der Waals surface area contributed by atoms with Gasteiger partial charge < -0.3 is 10.2 Å². The summed E-state index contributed by atoms with van der Waals surface area (Å²) in [5, 5.41) is 11.3. The highest BCUT2D eigenvalue weighted by Crippen LogP contribution is 2.10. The zero-order chi connectivity index (χ0) is 15.2. The molecule has 0 spiro atoms. The molecule has 0 aliphatic carbocycles. The summed E-state index contributed by atoms with van der Waals surface area (Å²) in [6, 6.07) is 7.31. The van der Waals surface area contributed by atoms with E-state index in [1.165, 1.54) is 29.2 Å². The van der Waals surface area contributed by atoms with Gasteiger partial charge in [-0.25, -0.2) is 17.9 Å². The number of rotatable bonds is 5. The van der Waals surface area contributed by atoms with Crippen LogP contribution in [0, 0.1) is 11.3 Å². The van der Waals surface area contributed by atoms with E-state index in [1.54, 1.807) is 14.1 Å². The Bertz CT molecular complexity index is 620. The molecule has 0 radical (unpaired) electrons. The maximum absolute atomic E-state index is 11.9. The summed E-state index contributed by atoms with van der Waals surface area (Å²) in [6.07, 6.45) is 0. The van der Waals surface area contributed by atoms with Gasteiger partial charge in [0.15, 0.2) is 0 Å². The molecule has 0 saturated carbocycles. The van der Waals surface area contributed by atoms with Crippen LogP contribution >= 0.6 is 0 Å². The van der Waals surface area contributed by atoms with E-state index in [0.29, 0.717) is 0 Å². The Kier molecular flexibility index (Phi) is 5.49. The number of nitriles is 1. The number of benzene rings is 1. The van der Waals surface area contributed by atoms with Gasteiger partial charge in [0.05, 0.1) is 16.5 Å². The lowest BCUT2D eigenvalue weighted by atomic mass is 10.2. The largest absolute Gasteiger partial charge is 0.337 e. The van der Waals surface area contributed by atoms with Gasteiger partial charge >= 0.3 is 6.03 Å². The first kappa shape index (κ1) is 15.9. The minimum atomic E-state index is -3.68. The van der Waals surface area contributed by atoms with Gasteiger partial charge in [0.25, 0.3) is 0 Å². The average Bonchev–Trinajstić information content (AvgIpc) is 2.43. The van der Waals surface area contributed by atoms with E-state index in [9.17, 15) is 13.2 Å². The van der Waals surface area contributed by atoms with Crippen LogP contribution < -0.4 is 10.0 Å². The van der Waals surface area contributed by atoms with Crippen molar-refractivity contribution in [3.05, 3.63) is 29.8 Å². The second kappa shape index (κ2) is 6.88. The number of nitrogens with zero attached hydrogens (tertiary/aromatic N) is 2. The quantitative estimate of drug-likeness (QED) is 0.753. The molecule has 0 aliphatic heterocycles. The molecule has 1 aromatic carbocycles. The Morgan fingerprint density at radius 1 is 1.35 bits per heavy atom. The summed E-state index contributed by atoms with van der Waals surface area (Å²) in [5.41, 5.74) is 0.272. The predicted octanol–water partition coefficient (Wildman–Crippen LogP) is 0.108. The third kappa shape index (κ3) is 4.53. The Morgan fingerprint density at radius 2 is 2.05 bits per heavy atom. The molecule has 0 aliphatic rings. The lowest BCUT2D eigenvalue weighted by molar-refractivity contribution is 0.217. The fraction of sp³-hybridized carbons (Fsp3) is 0.333. The van der Waals surface area contributed by atoms with Crippen molar-refractivity contribution in [2.45, 2.75) is 4.90 Å². The van der Waals surface area contributed by atoms with Crippen molar-refractivity contribution in [2.24, 2.45) is 0 Å². The maximum atomic E-state index is 11.9. The summed E-state index contributed by atoms with van der Waals surface area (Å²) in [7, 11) is -0.497. The van der Waals surface area contributed by atoms with E-state index in [-0.39, 0.29) is 29.6 Å². The summed E-state index contributed by atoms with van der Waals surface area (Å²) < 4.78 is 26.2. The summed E-state index contributed by atoms with van der Waals surface area (Å²) in [5.74, 6) is 0. The van der Waals surface area contributed by atoms with E-state index in [4.69, 9.17) is 5.26 Å². The maximum Gasteiger partial charge on any atom is 0.316 e. The smallest absolute Gasteiger partial charge is 0.316 e. The van der Waals surface area contributed by atoms with Crippen molar-refractivity contribution in [1.29, 1.82) is 5.26 Å². The highest BCUT2D eigenvalue weighted by molar-refractivity contribution is 7.89. The van der Waals surface area contributed by atoms with Crippen molar-refractivity contribution >= 4 is 16.1 Å². The Balaban J connectivity index is 2.58. The normalized spacial score (nSPS) is 10.7. The van der Waals surface area contributed by atoms with E-state index in [0.717, 1.165) is 0 Å². The Hall–Kier alpha value is -2.11. The molecule has 0 fully saturated rings. The minimum absolute atomic E-state index is 0.0236. The number of hydrogen-bond donors (Lipinski definition) is 2. The number of hydrogen-bond acceptors (Lipinski definition) is 4. The third-order valence-corrected chi connectivity index (χ3v) is 3.83. The second-order valence-electron chi connectivity index (χ2n) is 4.16. The summed E-state index contributed by atoms with van der Waals surface area (Å²) in [6.45, 7) is 0.243. The average molecular weight is 296 g/mol. The van der Waals surface area contributed by atoms with Gasteiger partial charge in [-0.05, 0) is 18.2 Å². The van der Waals surface area contributed by atoms with Crippen molar-refractivity contribution in [1.82, 2.24) is 14.9 Å². The topological polar surface area (TPSA) is 102 Å². The number of sulfonamides is 1. The van der Waals surface area contributed by atoms with Crippen molar-refractivity contribution in [3.8, 4) is 6.07 Å². The molecule has 2 N–H and O–H groups in total. The fourth-order valence-electron chi connectivity index (χ4n) is 1.33. The molecule has 2 amide bonds. The lowest BCUT2D eigenvalue weighted by Gasteiger charge is -2.12. The molecule has 108 valence electrons. The molecule has 8 heteroatoms. The highest BCUT2D eigenvalue weighted by atomic mass is 32.2. The molecule has 0 bridgehead atoms. The van der Waals surface area contributed by atoms with E-state index in [2.05, 4.69) is 10.0 Å². The first-order valence-corrected chi connectivity index (χ1v) is 7.30. The van der Waals surface area contributed by atoms with Gasteiger partial charge in [0.2, 0.25) is 10.0 Å². The zero-order valence-corrected chi connectivity index (χ0v) is 12.1. The molecule has 1 rings (SSSR count). The van der Waals surface area contributed by atoms with Crippen LogP contribution in [0.1, 0.15) is 5.56 Å². The van der Waals surface area contributed by atoms with Crippen LogP contribution in [0.15, 0.2) is 29.2 Å². The lowest BCUT2D eigenvalue weighted by Crippen LogP contribution is -2.39. The minimum Gasteiger partial charge on any atom is -0.337 e. The highest BCUT2D eigenvalue weighted by Gasteiger charge is 2.13. The molecular formula is C12H16N4O3S. The molecular weight excluding hydrogens is 280 g/mol. The van der Waals surface area contributed by atoms with Crippen LogP contribution in [-0.4, -0.2) is 46.5 Å². The first-order chi connectivity index (χ1) is 9.36. The van der Waals surface area contributed by atoms with Gasteiger partial charge in [-0.2, -0.15) is 5.26 Å². The van der Waals surface area contributed by atoms with Crippen LogP contribution in [0.2, 0.25) is 0 Å². The Labute approximate surface area is 118 Å². The molecule has 0 heterocycles. The SMILES string of the molecule is CN(C)C(=O)NCCNS(=O)(=O)c1cccc(C#N)c1. The van der Waals surface area contributed by atoms with Crippen molar-refractivity contribution in [3.63, 3.8) is 0 Å². The standard InChI is InChI=1S/C12H16N4O3S/c1-16(2)12(17)14-6-7-15-20(18,19)11-5-3-4-10(8-11)9-13/h3-5,8,15H,6-7H2,1-2H3,(H,14,17). The Morgan fingerprint density at radius 3 is 2.65 bits per heavy atom. The van der Waals surface area contributed by atoms with E-state index < -0.39 is 10.0 Å². The summed E-state index contributed by atoms with van der Waals surface area (Å²) in [4.78, 5) is 12.6. The van der Waals surface area contributed by atoms with E-state index >= 15 is 0 Å². The molecule has 20 heavy (non-hydrogen) atoms. The number of carbonyl (C=O) groups is 1. The van der Waals surface area contributed by atoms with Gasteiger partial charge in [-0.3, -0.25) is 0 Å². The molecule has 0 unspecified atom stereocenters. The van der Waals surface area contributed by atoms with Gasteiger partial charge in [-0.15, -0.1) is 0 Å². The van der Waals surface area contributed by atoms with Gasteiger partial charge in [0.1, 0.15) is 0 Å². The zero-order valence-electron chi connectivity index (χ0n) is 11.3. The number of nitrogens with one attached hydrogen (secondary N) is 2. The molecule has 0 atom stereocenters. The first-order valence-electron chi connectivity index (χ1n) is 5.82. The molecule has 1 aromatic rings. The van der Waals surface area contributed by atoms with Crippen LogP contribution in [0.3, 0.4) is 0 Å².